The fraction of sp³-hybridized carbons (Fsp3) is 0.458. The van der Waals surface area contributed by atoms with E-state index in [1.54, 1.807) is 12.1 Å². The first kappa shape index (κ1) is 23.0. The minimum atomic E-state index is -1.48. The molecule has 0 spiro atoms. The fourth-order valence-corrected chi connectivity index (χ4v) is 4.46. The Morgan fingerprint density at radius 2 is 1.91 bits per heavy atom. The summed E-state index contributed by atoms with van der Waals surface area (Å²) in [7, 11) is 0. The van der Waals surface area contributed by atoms with Crippen LogP contribution < -0.4 is 10.1 Å². The summed E-state index contributed by atoms with van der Waals surface area (Å²) in [5.41, 5.74) is 3.71. The number of aliphatic hydroxyl groups is 3. The lowest BCUT2D eigenvalue weighted by molar-refractivity contribution is -0.231. The molecule has 5 atom stereocenters. The smallest absolute Gasteiger partial charge is 0.218 e. The molecule has 2 heterocycles. The highest BCUT2D eigenvalue weighted by Gasteiger charge is 2.44. The largest absolute Gasteiger partial charge is 0.493 e. The monoisotopic (exact) mass is 461 g/mol. The van der Waals surface area contributed by atoms with Crippen LogP contribution >= 0.6 is 11.6 Å². The van der Waals surface area contributed by atoms with Crippen molar-refractivity contribution in [3.8, 4) is 5.75 Å². The van der Waals surface area contributed by atoms with Crippen molar-refractivity contribution in [2.75, 3.05) is 6.61 Å². The van der Waals surface area contributed by atoms with Gasteiger partial charge in [0, 0.05) is 11.9 Å². The molecule has 1 fully saturated rings. The number of benzene rings is 2. The Kier molecular flexibility index (Phi) is 7.02. The standard InChI is InChI=1S/C24H28ClNO6/c1-13(27)26-24-22(30)20(28)21(29)23(32-24)16-6-7-18(25)17(12-16)11-14-5-8-19-15(10-14)4-2-3-9-31-19/h5-8,10,12,20-24,28-30H,2-4,9,11H2,1H3,(H,26,27)/t20-,21+,22+,23-,24-/m0/s1. The number of fused-ring (bicyclic) bond motifs is 1. The van der Waals surface area contributed by atoms with Crippen molar-refractivity contribution in [2.24, 2.45) is 0 Å². The molecule has 2 aromatic rings. The van der Waals surface area contributed by atoms with E-state index in [0.29, 0.717) is 17.0 Å². The highest BCUT2D eigenvalue weighted by atomic mass is 35.5. The average Bonchev–Trinajstić information content (AvgIpc) is 3.00. The van der Waals surface area contributed by atoms with Crippen LogP contribution in [-0.4, -0.2) is 52.4 Å². The van der Waals surface area contributed by atoms with Gasteiger partial charge >= 0.3 is 0 Å². The van der Waals surface area contributed by atoms with Gasteiger partial charge in [0.2, 0.25) is 5.91 Å². The van der Waals surface area contributed by atoms with Gasteiger partial charge < -0.3 is 30.1 Å². The quantitative estimate of drug-likeness (QED) is 0.556. The number of aryl methyl sites for hydroxylation is 1. The fourth-order valence-electron chi connectivity index (χ4n) is 4.28. The van der Waals surface area contributed by atoms with Gasteiger partial charge in [0.25, 0.3) is 0 Å². The molecular formula is C24H28ClNO6. The summed E-state index contributed by atoms with van der Waals surface area (Å²) in [5.74, 6) is 0.516. The molecule has 4 N–H and O–H groups in total. The Balaban J connectivity index is 1.58. The minimum Gasteiger partial charge on any atom is -0.493 e. The molecule has 0 radical (unpaired) electrons. The molecule has 8 heteroatoms. The van der Waals surface area contributed by atoms with Crippen LogP contribution in [0, 0.1) is 0 Å². The molecule has 7 nitrogen and oxygen atoms in total. The minimum absolute atomic E-state index is 0.416. The lowest BCUT2D eigenvalue weighted by Crippen LogP contribution is -2.59. The van der Waals surface area contributed by atoms with Crippen LogP contribution in [0.25, 0.3) is 0 Å². The van der Waals surface area contributed by atoms with Gasteiger partial charge in [0.15, 0.2) is 6.23 Å². The van der Waals surface area contributed by atoms with Crippen LogP contribution in [0.4, 0.5) is 0 Å². The van der Waals surface area contributed by atoms with E-state index < -0.39 is 36.6 Å². The van der Waals surface area contributed by atoms with Crippen molar-refractivity contribution in [3.05, 3.63) is 63.7 Å². The maximum Gasteiger partial charge on any atom is 0.218 e. The third-order valence-electron chi connectivity index (χ3n) is 5.97. The van der Waals surface area contributed by atoms with Gasteiger partial charge in [-0.05, 0) is 60.1 Å². The lowest BCUT2D eigenvalue weighted by Gasteiger charge is -2.41. The Hall–Kier alpha value is -2.16. The van der Waals surface area contributed by atoms with E-state index >= 15 is 0 Å². The first-order chi connectivity index (χ1) is 15.3. The maximum absolute atomic E-state index is 11.4. The third kappa shape index (κ3) is 4.92. The molecular weight excluding hydrogens is 434 g/mol. The van der Waals surface area contributed by atoms with Gasteiger partial charge in [-0.15, -0.1) is 0 Å². The summed E-state index contributed by atoms with van der Waals surface area (Å²) < 4.78 is 11.6. The molecule has 2 aliphatic heterocycles. The highest BCUT2D eigenvalue weighted by molar-refractivity contribution is 6.31. The molecule has 32 heavy (non-hydrogen) atoms. The number of nitrogens with one attached hydrogen (secondary N) is 1. The second kappa shape index (κ2) is 9.77. The third-order valence-corrected chi connectivity index (χ3v) is 6.34. The predicted molar refractivity (Wildman–Crippen MR) is 119 cm³/mol. The Labute approximate surface area is 191 Å². The SMILES string of the molecule is CC(=O)N[C@H]1O[C@@H](c2ccc(Cl)c(Cc3ccc4c(c3)CCCCO4)c2)[C@H](O)[C@H](O)[C@H]1O. The molecule has 0 aromatic heterocycles. The van der Waals surface area contributed by atoms with Gasteiger partial charge in [0.1, 0.15) is 30.2 Å². The molecule has 2 aliphatic rings. The van der Waals surface area contributed by atoms with Crippen LogP contribution in [0.2, 0.25) is 5.02 Å². The molecule has 0 unspecified atom stereocenters. The number of amides is 1. The lowest BCUT2D eigenvalue weighted by atomic mass is 9.91. The van der Waals surface area contributed by atoms with Crippen molar-refractivity contribution in [1.29, 1.82) is 0 Å². The van der Waals surface area contributed by atoms with Gasteiger partial charge in [-0.2, -0.15) is 0 Å². The molecule has 4 rings (SSSR count). The molecule has 0 saturated carbocycles. The second-order valence-electron chi connectivity index (χ2n) is 8.42. The predicted octanol–water partition coefficient (Wildman–Crippen LogP) is 2.26. The zero-order valence-electron chi connectivity index (χ0n) is 17.8. The van der Waals surface area contributed by atoms with E-state index in [-0.39, 0.29) is 0 Å². The van der Waals surface area contributed by atoms with Gasteiger partial charge in [-0.3, -0.25) is 4.79 Å². The van der Waals surface area contributed by atoms with Crippen LogP contribution in [0.1, 0.15) is 48.1 Å². The molecule has 0 bridgehead atoms. The number of carbonyl (C=O) groups is 1. The highest BCUT2D eigenvalue weighted by Crippen LogP contribution is 2.34. The van der Waals surface area contributed by atoms with Gasteiger partial charge in [-0.25, -0.2) is 0 Å². The molecule has 172 valence electrons. The number of carbonyl (C=O) groups excluding carboxylic acids is 1. The maximum atomic E-state index is 11.4. The normalized spacial score (nSPS) is 27.7. The summed E-state index contributed by atoms with van der Waals surface area (Å²) in [4.78, 5) is 11.4. The number of hydrogen-bond acceptors (Lipinski definition) is 6. The number of ether oxygens (including phenoxy) is 2. The number of rotatable bonds is 4. The first-order valence-corrected chi connectivity index (χ1v) is 11.2. The zero-order chi connectivity index (χ0) is 22.8. The van der Waals surface area contributed by atoms with Crippen molar-refractivity contribution in [1.82, 2.24) is 5.32 Å². The van der Waals surface area contributed by atoms with Crippen LogP contribution in [-0.2, 0) is 22.4 Å². The second-order valence-corrected chi connectivity index (χ2v) is 8.83. The summed E-state index contributed by atoms with van der Waals surface area (Å²) in [6.07, 6.45) is -2.69. The number of hydrogen-bond donors (Lipinski definition) is 4. The molecule has 0 aliphatic carbocycles. The summed E-state index contributed by atoms with van der Waals surface area (Å²) in [5, 5.41) is 34.0. The van der Waals surface area contributed by atoms with Crippen molar-refractivity contribution in [3.63, 3.8) is 0 Å². The van der Waals surface area contributed by atoms with E-state index in [1.807, 2.05) is 18.2 Å². The zero-order valence-corrected chi connectivity index (χ0v) is 18.6. The Morgan fingerprint density at radius 1 is 1.09 bits per heavy atom. The van der Waals surface area contributed by atoms with Crippen LogP contribution in [0.15, 0.2) is 36.4 Å². The first-order valence-electron chi connectivity index (χ1n) is 10.8. The Morgan fingerprint density at radius 3 is 2.69 bits per heavy atom. The van der Waals surface area contributed by atoms with Gasteiger partial charge in [-0.1, -0.05) is 35.9 Å². The van der Waals surface area contributed by atoms with Crippen molar-refractivity contribution in [2.45, 2.75) is 63.3 Å². The van der Waals surface area contributed by atoms with E-state index in [2.05, 4.69) is 11.4 Å². The van der Waals surface area contributed by atoms with Gasteiger partial charge in [0.05, 0.1) is 6.61 Å². The summed E-state index contributed by atoms with van der Waals surface area (Å²) in [6.45, 7) is 2.03. The van der Waals surface area contributed by atoms with E-state index in [1.165, 1.54) is 12.5 Å². The van der Waals surface area contributed by atoms with Crippen molar-refractivity contribution >= 4 is 17.5 Å². The molecule has 2 aromatic carbocycles. The Bertz CT molecular complexity index is 983. The topological polar surface area (TPSA) is 108 Å². The van der Waals surface area contributed by atoms with Crippen LogP contribution in [0.3, 0.4) is 0 Å². The van der Waals surface area contributed by atoms with Crippen molar-refractivity contribution < 1.29 is 29.6 Å². The average molecular weight is 462 g/mol. The van der Waals surface area contributed by atoms with Crippen LogP contribution in [0.5, 0.6) is 5.75 Å². The summed E-state index contributed by atoms with van der Waals surface area (Å²) >= 11 is 6.47. The number of halogens is 1. The van der Waals surface area contributed by atoms with E-state index in [4.69, 9.17) is 21.1 Å². The molecule has 1 saturated heterocycles. The molecule has 1 amide bonds. The van der Waals surface area contributed by atoms with E-state index in [9.17, 15) is 20.1 Å². The van der Waals surface area contributed by atoms with E-state index in [0.717, 1.165) is 42.7 Å². The number of aliphatic hydroxyl groups excluding tert-OH is 3. The summed E-state index contributed by atoms with van der Waals surface area (Å²) in [6, 6.07) is 11.4.